The predicted octanol–water partition coefficient (Wildman–Crippen LogP) is -7.34. The van der Waals surface area contributed by atoms with Crippen molar-refractivity contribution in [2.75, 3.05) is 0 Å². The Balaban J connectivity index is -0.0000000270. The Hall–Kier alpha value is 0.550. The molecule has 0 aliphatic carbocycles. The third kappa shape index (κ3) is 5530. The summed E-state index contributed by atoms with van der Waals surface area (Å²) in [6.07, 6.45) is -7.00. The molecule has 0 aromatic carbocycles. The molecule has 0 saturated carbocycles. The third-order valence-corrected chi connectivity index (χ3v) is 0. The molecule has 1 radical (unpaired) electrons. The van der Waals surface area contributed by atoms with Crippen molar-refractivity contribution < 1.29 is 128 Å². The maximum absolute atomic E-state index is 8.33. The van der Waals surface area contributed by atoms with Gasteiger partial charge in [0.1, 0.15) is 0 Å². The molecule has 0 heterocycles. The second-order valence-corrected chi connectivity index (χ2v) is 0.750. The fourth-order valence-electron chi connectivity index (χ4n) is 0. The number of carboxylic acid groups (broad SMARTS) is 6. The van der Waals surface area contributed by atoms with Gasteiger partial charge in [0.05, 0.1) is 0 Å². The summed E-state index contributed by atoms with van der Waals surface area (Å²) < 4.78 is 0. The van der Waals surface area contributed by atoms with Gasteiger partial charge in [0.2, 0.25) is 0 Å². The van der Waals surface area contributed by atoms with Crippen LogP contribution in [0.4, 0.5) is 14.4 Å². The van der Waals surface area contributed by atoms with E-state index in [-0.39, 0.29) is 83.0 Å². The van der Waals surface area contributed by atoms with Crippen LogP contribution in [0.2, 0.25) is 0 Å². The van der Waals surface area contributed by atoms with Gasteiger partial charge in [0.15, 0.2) is 0 Å². The molecule has 0 N–H and O–H groups in total. The zero-order chi connectivity index (χ0) is 10.7. The SMILES string of the molecule is O=C([O-])[O-].O=C([O-])[O-].O=C([O-])[O-].[Ce+3].[Pr+3]. The van der Waals surface area contributed by atoms with Crippen LogP contribution < -0.4 is 30.6 Å². The molecule has 9 nitrogen and oxygen atoms in total. The predicted molar refractivity (Wildman–Crippen MR) is 16.2 cm³/mol. The standard InChI is InChI=1S/3CH2O3.Ce.Pr/c3*2-1(3)4;;/h3*(H2,2,3,4);;/q;;;2*+3/p-6. The van der Waals surface area contributed by atoms with Crippen molar-refractivity contribution in [2.45, 2.75) is 0 Å². The Morgan fingerprint density at radius 1 is 0.571 bits per heavy atom. The Labute approximate surface area is 144 Å². The fourth-order valence-corrected chi connectivity index (χ4v) is 0. The minimum Gasteiger partial charge on any atom is -0.652 e. The zero-order valence-electron chi connectivity index (χ0n) is 6.25. The van der Waals surface area contributed by atoms with Gasteiger partial charge in [-0.15, -0.1) is 0 Å². The van der Waals surface area contributed by atoms with Crippen molar-refractivity contribution in [3.05, 3.63) is 0 Å². The molecule has 0 aromatic rings. The summed E-state index contributed by atoms with van der Waals surface area (Å²) in [5, 5.41) is 50.0. The normalized spacial score (nSPS) is 5.14. The summed E-state index contributed by atoms with van der Waals surface area (Å²) in [5.41, 5.74) is 0. The van der Waals surface area contributed by atoms with Crippen LogP contribution in [0.1, 0.15) is 0 Å². The van der Waals surface area contributed by atoms with Crippen molar-refractivity contribution >= 4 is 18.5 Å². The van der Waals surface area contributed by atoms with Crippen LogP contribution >= 0.6 is 0 Å². The number of rotatable bonds is 0. The van der Waals surface area contributed by atoms with E-state index in [4.69, 9.17) is 45.0 Å². The summed E-state index contributed by atoms with van der Waals surface area (Å²) >= 11 is 0. The summed E-state index contributed by atoms with van der Waals surface area (Å²) in [5.74, 6) is 0. The smallest absolute Gasteiger partial charge is 0.652 e. The molecule has 0 aromatic heterocycles. The molecule has 0 aliphatic rings. The quantitative estimate of drug-likeness (QED) is 0.337. The molecule has 0 aliphatic heterocycles. The van der Waals surface area contributed by atoms with E-state index in [0.29, 0.717) is 0 Å². The van der Waals surface area contributed by atoms with Gasteiger partial charge in [-0.25, -0.2) is 0 Å². The number of hydrogen-bond donors (Lipinski definition) is 0. The largest absolute Gasteiger partial charge is 3.00 e. The fraction of sp³-hybridized carbons (Fsp3) is 0. The van der Waals surface area contributed by atoms with Crippen LogP contribution in [0.5, 0.6) is 0 Å². The molecule has 14 heavy (non-hydrogen) atoms. The summed E-state index contributed by atoms with van der Waals surface area (Å²) in [6.45, 7) is 0. The molecule has 0 bridgehead atoms. The Morgan fingerprint density at radius 3 is 0.571 bits per heavy atom. The van der Waals surface area contributed by atoms with E-state index in [1.165, 1.54) is 0 Å². The Bertz CT molecular complexity index is 118. The van der Waals surface area contributed by atoms with E-state index in [2.05, 4.69) is 0 Å². The van der Waals surface area contributed by atoms with Gasteiger partial charge in [-0.2, -0.15) is 0 Å². The van der Waals surface area contributed by atoms with Crippen molar-refractivity contribution in [1.82, 2.24) is 0 Å². The van der Waals surface area contributed by atoms with Gasteiger partial charge in [-0.05, 0) is 18.5 Å². The maximum atomic E-state index is 8.33. The number of carbonyl (C=O) groups is 3. The first kappa shape index (κ1) is 29.3. The molecular formula is C3CeO9Pr. The van der Waals surface area contributed by atoms with E-state index in [1.807, 2.05) is 0 Å². The van der Waals surface area contributed by atoms with Gasteiger partial charge in [0, 0.05) is 0 Å². The van der Waals surface area contributed by atoms with E-state index >= 15 is 0 Å². The first-order valence-corrected chi connectivity index (χ1v) is 1.84. The van der Waals surface area contributed by atoms with Gasteiger partial charge in [0.25, 0.3) is 0 Å². The second-order valence-electron chi connectivity index (χ2n) is 0.750. The van der Waals surface area contributed by atoms with Crippen LogP contribution in [-0.4, -0.2) is 18.5 Å². The van der Waals surface area contributed by atoms with Crippen molar-refractivity contribution in [1.29, 1.82) is 0 Å². The van der Waals surface area contributed by atoms with Crippen LogP contribution in [0.3, 0.4) is 0 Å². The maximum Gasteiger partial charge on any atom is 3.00 e. The second kappa shape index (κ2) is 23.4. The zero-order valence-corrected chi connectivity index (χ0v) is 13.1. The van der Waals surface area contributed by atoms with Gasteiger partial charge >= 0.3 is 83.0 Å². The molecule has 0 saturated heterocycles. The average Bonchev–Trinajstić information content (AvgIpc) is 1.54. The molecule has 73 valence electrons. The van der Waals surface area contributed by atoms with Gasteiger partial charge in [-0.3, -0.25) is 0 Å². The Kier molecular flexibility index (Phi) is 49.0. The monoisotopic (exact) mass is 461 g/mol. The average molecular weight is 461 g/mol. The topological polar surface area (TPSA) is 190 Å². The summed E-state index contributed by atoms with van der Waals surface area (Å²) in [7, 11) is 0. The van der Waals surface area contributed by atoms with Gasteiger partial charge < -0.3 is 45.0 Å². The molecule has 0 amide bonds. The number of carbonyl (C=O) groups excluding carboxylic acids is 3. The van der Waals surface area contributed by atoms with Crippen LogP contribution in [-0.2, 0) is 0 Å². The Morgan fingerprint density at radius 2 is 0.571 bits per heavy atom. The minimum absolute atomic E-state index is 0. The van der Waals surface area contributed by atoms with Crippen molar-refractivity contribution in [3.63, 3.8) is 0 Å². The summed E-state index contributed by atoms with van der Waals surface area (Å²) in [6, 6.07) is 0. The molecule has 11 heteroatoms. The van der Waals surface area contributed by atoms with Crippen molar-refractivity contribution in [2.24, 2.45) is 0 Å². The molecule has 0 atom stereocenters. The minimum atomic E-state index is -2.33. The van der Waals surface area contributed by atoms with E-state index in [9.17, 15) is 0 Å². The summed E-state index contributed by atoms with van der Waals surface area (Å²) in [4.78, 5) is 25.0. The van der Waals surface area contributed by atoms with Crippen LogP contribution in [0, 0.1) is 83.0 Å². The molecule has 0 unspecified atom stereocenters. The van der Waals surface area contributed by atoms with Crippen molar-refractivity contribution in [3.8, 4) is 0 Å². The molecular weight excluding hydrogens is 461 g/mol. The van der Waals surface area contributed by atoms with E-state index in [0.717, 1.165) is 0 Å². The van der Waals surface area contributed by atoms with Crippen LogP contribution in [0.15, 0.2) is 0 Å². The first-order chi connectivity index (χ1) is 5.20. The third-order valence-electron chi connectivity index (χ3n) is 0. The first-order valence-electron chi connectivity index (χ1n) is 1.84. The molecule has 0 spiro atoms. The van der Waals surface area contributed by atoms with Crippen LogP contribution in [0.25, 0.3) is 0 Å². The van der Waals surface area contributed by atoms with E-state index in [1.54, 1.807) is 0 Å². The molecule has 0 rings (SSSR count). The number of hydrogen-bond acceptors (Lipinski definition) is 9. The van der Waals surface area contributed by atoms with Gasteiger partial charge in [-0.1, -0.05) is 0 Å². The van der Waals surface area contributed by atoms with E-state index < -0.39 is 18.5 Å². The molecule has 0 fully saturated rings.